The SMILES string of the molecule is CCCNC(CCC(C)(C)OC)CSc1ccccc1. The number of thioether (sulfide) groups is 1. The van der Waals surface area contributed by atoms with Gasteiger partial charge in [0.15, 0.2) is 0 Å². The van der Waals surface area contributed by atoms with E-state index in [4.69, 9.17) is 4.74 Å². The molecule has 0 saturated carbocycles. The summed E-state index contributed by atoms with van der Waals surface area (Å²) in [6.07, 6.45) is 3.42. The summed E-state index contributed by atoms with van der Waals surface area (Å²) in [4.78, 5) is 1.35. The molecule has 0 heterocycles. The molecule has 0 fully saturated rings. The van der Waals surface area contributed by atoms with Crippen LogP contribution < -0.4 is 5.32 Å². The molecule has 1 aromatic carbocycles. The summed E-state index contributed by atoms with van der Waals surface area (Å²) in [6, 6.07) is 11.2. The molecule has 0 aliphatic heterocycles. The fourth-order valence-electron chi connectivity index (χ4n) is 1.93. The summed E-state index contributed by atoms with van der Waals surface area (Å²) in [5, 5.41) is 3.66. The maximum absolute atomic E-state index is 5.52. The molecular formula is C17H29NOS. The van der Waals surface area contributed by atoms with E-state index in [0.29, 0.717) is 6.04 Å². The highest BCUT2D eigenvalue weighted by Crippen LogP contribution is 2.22. The van der Waals surface area contributed by atoms with Gasteiger partial charge in [0.25, 0.3) is 0 Å². The molecule has 0 spiro atoms. The van der Waals surface area contributed by atoms with Crippen LogP contribution in [0.2, 0.25) is 0 Å². The molecule has 1 unspecified atom stereocenters. The Morgan fingerprint density at radius 3 is 2.55 bits per heavy atom. The van der Waals surface area contributed by atoms with Crippen molar-refractivity contribution >= 4 is 11.8 Å². The minimum absolute atomic E-state index is 0.0242. The molecule has 0 aliphatic carbocycles. The van der Waals surface area contributed by atoms with Crippen LogP contribution in [0.15, 0.2) is 35.2 Å². The van der Waals surface area contributed by atoms with E-state index < -0.39 is 0 Å². The lowest BCUT2D eigenvalue weighted by atomic mass is 9.99. The van der Waals surface area contributed by atoms with Crippen molar-refractivity contribution in [3.05, 3.63) is 30.3 Å². The van der Waals surface area contributed by atoms with Crippen LogP contribution in [-0.4, -0.2) is 31.1 Å². The van der Waals surface area contributed by atoms with Crippen LogP contribution in [0.3, 0.4) is 0 Å². The molecule has 0 amide bonds. The van der Waals surface area contributed by atoms with E-state index in [1.54, 1.807) is 7.11 Å². The quantitative estimate of drug-likeness (QED) is 0.648. The van der Waals surface area contributed by atoms with Gasteiger partial charge < -0.3 is 10.1 Å². The molecule has 1 atom stereocenters. The zero-order valence-corrected chi connectivity index (χ0v) is 14.1. The normalized spacial score (nSPS) is 13.4. The van der Waals surface area contributed by atoms with Crippen LogP contribution in [0.4, 0.5) is 0 Å². The van der Waals surface area contributed by atoms with Crippen LogP contribution in [0.1, 0.15) is 40.0 Å². The number of methoxy groups -OCH3 is 1. The van der Waals surface area contributed by atoms with Gasteiger partial charge >= 0.3 is 0 Å². The van der Waals surface area contributed by atoms with E-state index in [1.165, 1.54) is 11.3 Å². The fraction of sp³-hybridized carbons (Fsp3) is 0.647. The van der Waals surface area contributed by atoms with E-state index in [2.05, 4.69) is 56.4 Å². The van der Waals surface area contributed by atoms with Gasteiger partial charge in [0.1, 0.15) is 0 Å². The zero-order chi connectivity index (χ0) is 14.8. The first-order valence-electron chi connectivity index (χ1n) is 7.54. The van der Waals surface area contributed by atoms with Gasteiger partial charge in [-0.05, 0) is 51.8 Å². The highest BCUT2D eigenvalue weighted by molar-refractivity contribution is 7.99. The van der Waals surface area contributed by atoms with Crippen molar-refractivity contribution in [2.24, 2.45) is 0 Å². The number of nitrogens with one attached hydrogen (secondary N) is 1. The Morgan fingerprint density at radius 1 is 1.25 bits per heavy atom. The Labute approximate surface area is 128 Å². The number of hydrogen-bond donors (Lipinski definition) is 1. The molecule has 0 radical (unpaired) electrons. The Kier molecular flexibility index (Phi) is 8.27. The van der Waals surface area contributed by atoms with Crippen molar-refractivity contribution in [2.45, 2.75) is 56.6 Å². The van der Waals surface area contributed by atoms with E-state index >= 15 is 0 Å². The molecule has 20 heavy (non-hydrogen) atoms. The van der Waals surface area contributed by atoms with Gasteiger partial charge in [0, 0.05) is 23.8 Å². The molecule has 1 rings (SSSR count). The van der Waals surface area contributed by atoms with Crippen molar-refractivity contribution < 1.29 is 4.74 Å². The van der Waals surface area contributed by atoms with Crippen molar-refractivity contribution in [1.82, 2.24) is 5.32 Å². The maximum Gasteiger partial charge on any atom is 0.0623 e. The largest absolute Gasteiger partial charge is 0.379 e. The number of hydrogen-bond acceptors (Lipinski definition) is 3. The highest BCUT2D eigenvalue weighted by Gasteiger charge is 2.19. The van der Waals surface area contributed by atoms with Crippen LogP contribution in [0.25, 0.3) is 0 Å². The fourth-order valence-corrected chi connectivity index (χ4v) is 2.96. The molecule has 114 valence electrons. The molecule has 0 aromatic heterocycles. The molecule has 3 heteroatoms. The smallest absolute Gasteiger partial charge is 0.0623 e. The van der Waals surface area contributed by atoms with Gasteiger partial charge in [-0.15, -0.1) is 11.8 Å². The predicted molar refractivity (Wildman–Crippen MR) is 89.6 cm³/mol. The Morgan fingerprint density at radius 2 is 1.95 bits per heavy atom. The van der Waals surface area contributed by atoms with Crippen molar-refractivity contribution in [3.8, 4) is 0 Å². The van der Waals surface area contributed by atoms with Crippen LogP contribution in [-0.2, 0) is 4.74 Å². The average Bonchev–Trinajstić information content (AvgIpc) is 2.47. The lowest BCUT2D eigenvalue weighted by molar-refractivity contribution is 0.0122. The van der Waals surface area contributed by atoms with Crippen molar-refractivity contribution in [1.29, 1.82) is 0 Å². The molecule has 0 saturated heterocycles. The molecule has 0 bridgehead atoms. The van der Waals surface area contributed by atoms with Gasteiger partial charge in [0.2, 0.25) is 0 Å². The van der Waals surface area contributed by atoms with Gasteiger partial charge in [-0.2, -0.15) is 0 Å². The highest BCUT2D eigenvalue weighted by atomic mass is 32.2. The molecule has 0 aliphatic rings. The number of ether oxygens (including phenoxy) is 1. The lowest BCUT2D eigenvalue weighted by Gasteiger charge is -2.26. The second kappa shape index (κ2) is 9.43. The minimum Gasteiger partial charge on any atom is -0.379 e. The van der Waals surface area contributed by atoms with Crippen LogP contribution >= 0.6 is 11.8 Å². The van der Waals surface area contributed by atoms with Crippen LogP contribution in [0.5, 0.6) is 0 Å². The first kappa shape index (κ1) is 17.5. The number of benzene rings is 1. The lowest BCUT2D eigenvalue weighted by Crippen LogP contribution is -2.34. The van der Waals surface area contributed by atoms with E-state index in [0.717, 1.165) is 25.1 Å². The molecule has 1 N–H and O–H groups in total. The summed E-state index contributed by atoms with van der Waals surface area (Å²) >= 11 is 1.93. The van der Waals surface area contributed by atoms with Gasteiger partial charge in [-0.1, -0.05) is 25.1 Å². The Hall–Kier alpha value is -0.510. The number of rotatable bonds is 10. The predicted octanol–water partition coefficient (Wildman–Crippen LogP) is 4.35. The third-order valence-electron chi connectivity index (χ3n) is 3.52. The Balaban J connectivity index is 2.43. The summed E-state index contributed by atoms with van der Waals surface area (Å²) in [6.45, 7) is 7.63. The third-order valence-corrected chi connectivity index (χ3v) is 4.70. The minimum atomic E-state index is -0.0242. The van der Waals surface area contributed by atoms with E-state index in [9.17, 15) is 0 Å². The maximum atomic E-state index is 5.52. The summed E-state index contributed by atoms with van der Waals surface area (Å²) < 4.78 is 5.52. The first-order valence-corrected chi connectivity index (χ1v) is 8.52. The van der Waals surface area contributed by atoms with E-state index in [-0.39, 0.29) is 5.60 Å². The third kappa shape index (κ3) is 7.32. The average molecular weight is 295 g/mol. The first-order chi connectivity index (χ1) is 9.57. The van der Waals surface area contributed by atoms with Crippen LogP contribution in [0, 0.1) is 0 Å². The summed E-state index contributed by atoms with van der Waals surface area (Å²) in [5.41, 5.74) is -0.0242. The molecule has 2 nitrogen and oxygen atoms in total. The topological polar surface area (TPSA) is 21.3 Å². The standard InChI is InChI=1S/C17H29NOS/c1-5-13-18-15(11-12-17(2,3)19-4)14-20-16-9-7-6-8-10-16/h6-10,15,18H,5,11-14H2,1-4H3. The molecule has 1 aromatic rings. The molecular weight excluding hydrogens is 266 g/mol. The summed E-state index contributed by atoms with van der Waals surface area (Å²) in [5.74, 6) is 1.11. The van der Waals surface area contributed by atoms with Gasteiger partial charge in [-0.3, -0.25) is 0 Å². The van der Waals surface area contributed by atoms with Gasteiger partial charge in [-0.25, -0.2) is 0 Å². The monoisotopic (exact) mass is 295 g/mol. The van der Waals surface area contributed by atoms with Crippen molar-refractivity contribution in [2.75, 3.05) is 19.4 Å². The second-order valence-corrected chi connectivity index (χ2v) is 6.87. The van der Waals surface area contributed by atoms with Crippen molar-refractivity contribution in [3.63, 3.8) is 0 Å². The Bertz CT molecular complexity index is 353. The van der Waals surface area contributed by atoms with E-state index in [1.807, 2.05) is 11.8 Å². The summed E-state index contributed by atoms with van der Waals surface area (Å²) in [7, 11) is 1.80. The van der Waals surface area contributed by atoms with Gasteiger partial charge in [0.05, 0.1) is 5.60 Å². The second-order valence-electron chi connectivity index (χ2n) is 5.78. The zero-order valence-electron chi connectivity index (χ0n) is 13.3.